The molecule has 22 heavy (non-hydrogen) atoms. The van der Waals surface area contributed by atoms with Gasteiger partial charge in [0.2, 0.25) is 5.91 Å². The molecule has 0 saturated carbocycles. The number of halogens is 1. The van der Waals surface area contributed by atoms with Crippen molar-refractivity contribution in [3.05, 3.63) is 29.3 Å². The van der Waals surface area contributed by atoms with Crippen LogP contribution in [0.15, 0.2) is 24.3 Å². The van der Waals surface area contributed by atoms with Crippen molar-refractivity contribution in [3.63, 3.8) is 0 Å². The van der Waals surface area contributed by atoms with Crippen molar-refractivity contribution in [2.24, 2.45) is 0 Å². The summed E-state index contributed by atoms with van der Waals surface area (Å²) in [4.78, 5) is 33.2. The highest BCUT2D eigenvalue weighted by molar-refractivity contribution is 6.30. The summed E-state index contributed by atoms with van der Waals surface area (Å²) >= 11 is 5.74. The second kappa shape index (κ2) is 9.62. The Bertz CT molecular complexity index is 519. The number of urea groups is 1. The van der Waals surface area contributed by atoms with Gasteiger partial charge in [0.25, 0.3) is 0 Å². The fraction of sp³-hybridized carbons (Fsp3) is 0.357. The van der Waals surface area contributed by atoms with Gasteiger partial charge in [-0.05, 0) is 30.7 Å². The van der Waals surface area contributed by atoms with Crippen molar-refractivity contribution in [1.82, 2.24) is 10.6 Å². The highest BCUT2D eigenvalue weighted by Gasteiger charge is 2.04. The third kappa shape index (κ3) is 8.11. The molecule has 3 amide bonds. The van der Waals surface area contributed by atoms with E-state index in [1.165, 1.54) is 0 Å². The molecule has 1 rings (SSSR count). The van der Waals surface area contributed by atoms with Crippen LogP contribution in [0.4, 0.5) is 10.5 Å². The minimum absolute atomic E-state index is 0.0677. The lowest BCUT2D eigenvalue weighted by Crippen LogP contribution is -2.37. The minimum Gasteiger partial charge on any atom is -0.481 e. The number of carboxylic acid groups (broad SMARTS) is 1. The Labute approximate surface area is 133 Å². The van der Waals surface area contributed by atoms with E-state index in [1.54, 1.807) is 24.3 Å². The predicted octanol–water partition coefficient (Wildman–Crippen LogP) is 1.83. The van der Waals surface area contributed by atoms with E-state index >= 15 is 0 Å². The number of amides is 3. The number of nitrogens with one attached hydrogen (secondary N) is 3. The third-order valence-corrected chi connectivity index (χ3v) is 2.87. The molecule has 0 bridgehead atoms. The number of hydrogen-bond acceptors (Lipinski definition) is 3. The fourth-order valence-corrected chi connectivity index (χ4v) is 1.68. The van der Waals surface area contributed by atoms with Crippen LogP contribution in [0.2, 0.25) is 5.02 Å². The van der Waals surface area contributed by atoms with Gasteiger partial charge in [0.05, 0.1) is 6.42 Å². The van der Waals surface area contributed by atoms with Gasteiger partial charge in [-0.15, -0.1) is 0 Å². The lowest BCUT2D eigenvalue weighted by atomic mass is 10.2. The van der Waals surface area contributed by atoms with Crippen molar-refractivity contribution in [2.45, 2.75) is 19.3 Å². The summed E-state index contributed by atoms with van der Waals surface area (Å²) in [7, 11) is 0. The first-order valence-corrected chi connectivity index (χ1v) is 7.14. The summed E-state index contributed by atoms with van der Waals surface area (Å²) in [5.74, 6) is -1.13. The van der Waals surface area contributed by atoms with Gasteiger partial charge in [0.1, 0.15) is 0 Å². The summed E-state index contributed by atoms with van der Waals surface area (Å²) in [5, 5.41) is 16.7. The Hall–Kier alpha value is -2.28. The van der Waals surface area contributed by atoms with E-state index in [0.717, 1.165) is 0 Å². The molecular weight excluding hydrogens is 310 g/mol. The molecule has 8 heteroatoms. The molecule has 0 aliphatic rings. The van der Waals surface area contributed by atoms with Crippen molar-refractivity contribution in [3.8, 4) is 0 Å². The average molecular weight is 328 g/mol. The fourth-order valence-electron chi connectivity index (χ4n) is 1.55. The van der Waals surface area contributed by atoms with Crippen LogP contribution in [0.1, 0.15) is 19.3 Å². The maximum Gasteiger partial charge on any atom is 0.314 e. The molecule has 0 fully saturated rings. The van der Waals surface area contributed by atoms with E-state index in [0.29, 0.717) is 23.7 Å². The SMILES string of the molecule is O=C(O)CCNC(=O)NCCCC(=O)Nc1ccc(Cl)cc1. The molecule has 0 heterocycles. The summed E-state index contributed by atoms with van der Waals surface area (Å²) in [6, 6.07) is 6.32. The molecular formula is C14H18ClN3O4. The molecule has 1 aromatic rings. The van der Waals surface area contributed by atoms with Crippen LogP contribution in [-0.2, 0) is 9.59 Å². The van der Waals surface area contributed by atoms with Gasteiger partial charge in [0.15, 0.2) is 0 Å². The van der Waals surface area contributed by atoms with Gasteiger partial charge in [-0.2, -0.15) is 0 Å². The van der Waals surface area contributed by atoms with Crippen molar-refractivity contribution < 1.29 is 19.5 Å². The van der Waals surface area contributed by atoms with Gasteiger partial charge in [0, 0.05) is 30.2 Å². The van der Waals surface area contributed by atoms with E-state index in [9.17, 15) is 14.4 Å². The number of benzene rings is 1. The first-order chi connectivity index (χ1) is 10.5. The minimum atomic E-state index is -0.973. The van der Waals surface area contributed by atoms with Crippen LogP contribution >= 0.6 is 11.6 Å². The topological polar surface area (TPSA) is 108 Å². The molecule has 0 atom stereocenters. The monoisotopic (exact) mass is 327 g/mol. The second-order valence-electron chi connectivity index (χ2n) is 4.49. The van der Waals surface area contributed by atoms with Crippen LogP contribution in [0.25, 0.3) is 0 Å². The molecule has 4 N–H and O–H groups in total. The number of anilines is 1. The standard InChI is InChI=1S/C14H18ClN3O4/c15-10-3-5-11(6-4-10)18-12(19)2-1-8-16-14(22)17-9-7-13(20)21/h3-6H,1-2,7-9H2,(H,18,19)(H,20,21)(H2,16,17,22). The molecule has 0 aliphatic carbocycles. The first-order valence-electron chi connectivity index (χ1n) is 6.76. The Kier molecular flexibility index (Phi) is 7.77. The largest absolute Gasteiger partial charge is 0.481 e. The number of carboxylic acids is 1. The zero-order chi connectivity index (χ0) is 16.4. The number of carbonyl (C=O) groups is 3. The Morgan fingerprint density at radius 2 is 1.64 bits per heavy atom. The Morgan fingerprint density at radius 3 is 2.27 bits per heavy atom. The van der Waals surface area contributed by atoms with E-state index < -0.39 is 12.0 Å². The zero-order valence-corrected chi connectivity index (χ0v) is 12.7. The summed E-state index contributed by atoms with van der Waals surface area (Å²) in [6.45, 7) is 0.394. The van der Waals surface area contributed by atoms with Crippen LogP contribution < -0.4 is 16.0 Å². The molecule has 0 spiro atoms. The molecule has 120 valence electrons. The van der Waals surface area contributed by atoms with E-state index in [4.69, 9.17) is 16.7 Å². The smallest absolute Gasteiger partial charge is 0.314 e. The third-order valence-electron chi connectivity index (χ3n) is 2.62. The molecule has 0 saturated heterocycles. The highest BCUT2D eigenvalue weighted by atomic mass is 35.5. The normalized spacial score (nSPS) is 9.86. The number of aliphatic carboxylic acids is 1. The molecule has 0 aliphatic heterocycles. The highest BCUT2D eigenvalue weighted by Crippen LogP contribution is 2.13. The lowest BCUT2D eigenvalue weighted by molar-refractivity contribution is -0.136. The summed E-state index contributed by atoms with van der Waals surface area (Å²) in [5.41, 5.74) is 0.661. The molecule has 0 aromatic heterocycles. The van der Waals surface area contributed by atoms with Gasteiger partial charge < -0.3 is 21.1 Å². The second-order valence-corrected chi connectivity index (χ2v) is 4.92. The maximum atomic E-state index is 11.7. The number of carbonyl (C=O) groups excluding carboxylic acids is 2. The lowest BCUT2D eigenvalue weighted by Gasteiger charge is -2.07. The molecule has 0 unspecified atom stereocenters. The number of rotatable bonds is 8. The van der Waals surface area contributed by atoms with Crippen LogP contribution in [0, 0.1) is 0 Å². The van der Waals surface area contributed by atoms with Crippen LogP contribution in [0.5, 0.6) is 0 Å². The number of hydrogen-bond donors (Lipinski definition) is 4. The maximum absolute atomic E-state index is 11.7. The predicted molar refractivity (Wildman–Crippen MR) is 83.0 cm³/mol. The Morgan fingerprint density at radius 1 is 1.00 bits per heavy atom. The van der Waals surface area contributed by atoms with Crippen LogP contribution in [-0.4, -0.2) is 36.1 Å². The first kappa shape index (κ1) is 17.8. The average Bonchev–Trinajstić information content (AvgIpc) is 2.46. The van der Waals surface area contributed by atoms with E-state index in [2.05, 4.69) is 16.0 Å². The van der Waals surface area contributed by atoms with Crippen molar-refractivity contribution in [2.75, 3.05) is 18.4 Å². The van der Waals surface area contributed by atoms with Gasteiger partial charge in [-0.25, -0.2) is 4.79 Å². The molecule has 0 radical (unpaired) electrons. The van der Waals surface area contributed by atoms with Crippen molar-refractivity contribution >= 4 is 35.2 Å². The van der Waals surface area contributed by atoms with Gasteiger partial charge in [-0.1, -0.05) is 11.6 Å². The molecule has 7 nitrogen and oxygen atoms in total. The zero-order valence-electron chi connectivity index (χ0n) is 11.9. The van der Waals surface area contributed by atoms with Crippen LogP contribution in [0.3, 0.4) is 0 Å². The van der Waals surface area contributed by atoms with Gasteiger partial charge in [-0.3, -0.25) is 9.59 Å². The van der Waals surface area contributed by atoms with E-state index in [-0.39, 0.29) is 25.3 Å². The quantitative estimate of drug-likeness (QED) is 0.546. The van der Waals surface area contributed by atoms with E-state index in [1.807, 2.05) is 0 Å². The summed E-state index contributed by atoms with van der Waals surface area (Å²) in [6.07, 6.45) is 0.612. The van der Waals surface area contributed by atoms with Gasteiger partial charge >= 0.3 is 12.0 Å². The molecule has 1 aromatic carbocycles. The summed E-state index contributed by atoms with van der Waals surface area (Å²) < 4.78 is 0. The Balaban J connectivity index is 2.11. The van der Waals surface area contributed by atoms with Crippen molar-refractivity contribution in [1.29, 1.82) is 0 Å².